The van der Waals surface area contributed by atoms with Crippen molar-refractivity contribution in [3.05, 3.63) is 26.0 Å². The van der Waals surface area contributed by atoms with Gasteiger partial charge in [0.1, 0.15) is 3.70 Å². The highest BCUT2D eigenvalue weighted by atomic mass is 127. The third kappa shape index (κ3) is 2.47. The minimum absolute atomic E-state index is 0.0297. The minimum Gasteiger partial charge on any atom is -0.325 e. The summed E-state index contributed by atoms with van der Waals surface area (Å²) in [5.74, 6) is 0. The van der Waals surface area contributed by atoms with Crippen molar-refractivity contribution in [3.8, 4) is 0 Å². The molecule has 0 amide bonds. The van der Waals surface area contributed by atoms with Crippen LogP contribution in [0.4, 0.5) is 8.78 Å². The van der Waals surface area contributed by atoms with Crippen molar-refractivity contribution in [3.63, 3.8) is 0 Å². The lowest BCUT2D eigenvalue weighted by Gasteiger charge is -2.07. The summed E-state index contributed by atoms with van der Waals surface area (Å²) in [6, 6.07) is 1.26. The number of nitrogens with zero attached hydrogens (tertiary/aromatic N) is 1. The Morgan fingerprint density at radius 1 is 1.62 bits per heavy atom. The van der Waals surface area contributed by atoms with Crippen LogP contribution in [0.1, 0.15) is 17.7 Å². The molecular weight excluding hydrogens is 312 g/mol. The molecule has 0 aliphatic carbocycles. The van der Waals surface area contributed by atoms with Crippen molar-refractivity contribution in [2.75, 3.05) is 0 Å². The average molecular weight is 318 g/mol. The standard InChI is InChI=1S/C7H6ClF2IN2/c8-6-3(7(9)10)1-5(11)13-4(6)2-12/h1,7H,2,12H2. The second-order valence-corrected chi connectivity index (χ2v) is 3.78. The van der Waals surface area contributed by atoms with Gasteiger partial charge in [0, 0.05) is 12.1 Å². The third-order valence-electron chi connectivity index (χ3n) is 1.45. The fourth-order valence-electron chi connectivity index (χ4n) is 0.863. The van der Waals surface area contributed by atoms with E-state index in [2.05, 4.69) is 4.98 Å². The maximum absolute atomic E-state index is 12.4. The maximum atomic E-state index is 12.4. The molecule has 1 rings (SSSR count). The highest BCUT2D eigenvalue weighted by Crippen LogP contribution is 2.29. The van der Waals surface area contributed by atoms with Gasteiger partial charge in [0.15, 0.2) is 0 Å². The van der Waals surface area contributed by atoms with Gasteiger partial charge in [-0.2, -0.15) is 0 Å². The van der Waals surface area contributed by atoms with Crippen LogP contribution in [-0.4, -0.2) is 4.98 Å². The van der Waals surface area contributed by atoms with Crippen molar-refractivity contribution in [2.45, 2.75) is 13.0 Å². The number of pyridine rings is 1. The summed E-state index contributed by atoms with van der Waals surface area (Å²) in [5.41, 5.74) is 5.40. The van der Waals surface area contributed by atoms with Crippen molar-refractivity contribution in [1.82, 2.24) is 4.98 Å². The van der Waals surface area contributed by atoms with Crippen LogP contribution in [-0.2, 0) is 6.54 Å². The van der Waals surface area contributed by atoms with Crippen LogP contribution >= 0.6 is 34.2 Å². The Bertz CT molecular complexity index is 320. The monoisotopic (exact) mass is 318 g/mol. The smallest absolute Gasteiger partial charge is 0.265 e. The van der Waals surface area contributed by atoms with Crippen LogP contribution in [0.25, 0.3) is 0 Å². The molecule has 0 bridgehead atoms. The second kappa shape index (κ2) is 4.47. The van der Waals surface area contributed by atoms with Crippen LogP contribution < -0.4 is 5.73 Å². The van der Waals surface area contributed by atoms with E-state index in [1.54, 1.807) is 0 Å². The van der Waals surface area contributed by atoms with Gasteiger partial charge in [0.2, 0.25) is 0 Å². The number of aromatic nitrogens is 1. The molecule has 0 saturated carbocycles. The number of halogens is 4. The van der Waals surface area contributed by atoms with Gasteiger partial charge in [-0.15, -0.1) is 0 Å². The highest BCUT2D eigenvalue weighted by molar-refractivity contribution is 14.1. The normalized spacial score (nSPS) is 10.9. The number of alkyl halides is 2. The Morgan fingerprint density at radius 2 is 2.23 bits per heavy atom. The van der Waals surface area contributed by atoms with Gasteiger partial charge in [0.05, 0.1) is 10.7 Å². The lowest BCUT2D eigenvalue weighted by atomic mass is 10.2. The molecule has 1 heterocycles. The first-order valence-corrected chi connectivity index (χ1v) is 4.85. The molecule has 6 heteroatoms. The number of hydrogen-bond donors (Lipinski definition) is 1. The molecule has 2 N–H and O–H groups in total. The predicted molar refractivity (Wildman–Crippen MR) is 54.8 cm³/mol. The molecule has 0 spiro atoms. The maximum Gasteiger partial charge on any atom is 0.265 e. The largest absolute Gasteiger partial charge is 0.325 e. The lowest BCUT2D eigenvalue weighted by molar-refractivity contribution is 0.151. The SMILES string of the molecule is NCc1nc(I)cc(C(F)F)c1Cl. The van der Waals surface area contributed by atoms with Gasteiger partial charge >= 0.3 is 0 Å². The summed E-state index contributed by atoms with van der Waals surface area (Å²) in [7, 11) is 0. The zero-order chi connectivity index (χ0) is 10.0. The van der Waals surface area contributed by atoms with Gasteiger partial charge in [-0.25, -0.2) is 13.8 Å². The van der Waals surface area contributed by atoms with Crippen LogP contribution in [0.2, 0.25) is 5.02 Å². The topological polar surface area (TPSA) is 38.9 Å². The number of nitrogens with two attached hydrogens (primary N) is 1. The van der Waals surface area contributed by atoms with Crippen LogP contribution in [0.5, 0.6) is 0 Å². The Morgan fingerprint density at radius 3 is 2.69 bits per heavy atom. The molecule has 1 aromatic rings. The molecule has 0 saturated heterocycles. The van der Waals surface area contributed by atoms with E-state index in [1.807, 2.05) is 22.6 Å². The molecule has 0 radical (unpaired) electrons. The van der Waals surface area contributed by atoms with Crippen LogP contribution in [0, 0.1) is 3.70 Å². The van der Waals surface area contributed by atoms with Crippen molar-refractivity contribution in [1.29, 1.82) is 0 Å². The van der Waals surface area contributed by atoms with Gasteiger partial charge < -0.3 is 5.73 Å². The Hall–Kier alpha value is -0.0100. The van der Waals surface area contributed by atoms with E-state index < -0.39 is 6.43 Å². The quantitative estimate of drug-likeness (QED) is 0.673. The third-order valence-corrected chi connectivity index (χ3v) is 2.44. The van der Waals surface area contributed by atoms with Gasteiger partial charge in [0.25, 0.3) is 6.43 Å². The first-order valence-electron chi connectivity index (χ1n) is 3.39. The summed E-state index contributed by atoms with van der Waals surface area (Å²) >= 11 is 7.50. The Kier molecular flexibility index (Phi) is 3.81. The average Bonchev–Trinajstić information content (AvgIpc) is 2.08. The van der Waals surface area contributed by atoms with Gasteiger partial charge in [-0.05, 0) is 28.7 Å². The molecular formula is C7H6ClF2IN2. The first kappa shape index (κ1) is 11.1. The second-order valence-electron chi connectivity index (χ2n) is 2.30. The van der Waals surface area contributed by atoms with Crippen LogP contribution in [0.15, 0.2) is 6.07 Å². The summed E-state index contributed by atoms with van der Waals surface area (Å²) in [6.45, 7) is 0.0649. The minimum atomic E-state index is -2.59. The van der Waals surface area contributed by atoms with E-state index in [4.69, 9.17) is 17.3 Å². The van der Waals surface area contributed by atoms with E-state index in [9.17, 15) is 8.78 Å². The molecule has 1 aromatic heterocycles. The molecule has 0 aliphatic rings. The van der Waals surface area contributed by atoms with Gasteiger partial charge in [-0.3, -0.25) is 0 Å². The number of rotatable bonds is 2. The van der Waals surface area contributed by atoms with Crippen molar-refractivity contribution < 1.29 is 8.78 Å². The zero-order valence-corrected chi connectivity index (χ0v) is 9.31. The molecule has 72 valence electrons. The van der Waals surface area contributed by atoms with Gasteiger partial charge in [-0.1, -0.05) is 11.6 Å². The van der Waals surface area contributed by atoms with E-state index in [-0.39, 0.29) is 17.1 Å². The van der Waals surface area contributed by atoms with E-state index in [1.165, 1.54) is 6.07 Å². The molecule has 0 fully saturated rings. The van der Waals surface area contributed by atoms with Crippen LogP contribution in [0.3, 0.4) is 0 Å². The molecule has 0 aromatic carbocycles. The highest BCUT2D eigenvalue weighted by Gasteiger charge is 2.16. The summed E-state index contributed by atoms with van der Waals surface area (Å²) in [4.78, 5) is 3.93. The van der Waals surface area contributed by atoms with Crippen molar-refractivity contribution in [2.24, 2.45) is 5.73 Å². The van der Waals surface area contributed by atoms with Crippen molar-refractivity contribution >= 4 is 34.2 Å². The Balaban J connectivity index is 3.27. The summed E-state index contributed by atoms with van der Waals surface area (Å²) in [5, 5.41) is -0.0297. The van der Waals surface area contributed by atoms with E-state index in [0.29, 0.717) is 9.39 Å². The Labute approximate surface area is 92.6 Å². The zero-order valence-electron chi connectivity index (χ0n) is 6.40. The fourth-order valence-corrected chi connectivity index (χ4v) is 1.75. The summed E-state index contributed by atoms with van der Waals surface area (Å²) in [6.07, 6.45) is -2.59. The molecule has 2 nitrogen and oxygen atoms in total. The molecule has 0 atom stereocenters. The fraction of sp³-hybridized carbons (Fsp3) is 0.286. The summed E-state index contributed by atoms with van der Waals surface area (Å²) < 4.78 is 25.2. The lowest BCUT2D eigenvalue weighted by Crippen LogP contribution is -2.04. The predicted octanol–water partition coefficient (Wildman–Crippen LogP) is 2.74. The molecule has 0 aliphatic heterocycles. The van der Waals surface area contributed by atoms with E-state index in [0.717, 1.165) is 0 Å². The molecule has 13 heavy (non-hydrogen) atoms. The number of hydrogen-bond acceptors (Lipinski definition) is 2. The first-order chi connectivity index (χ1) is 6.06. The molecule has 0 unspecified atom stereocenters. The van der Waals surface area contributed by atoms with E-state index >= 15 is 0 Å².